The van der Waals surface area contributed by atoms with Crippen molar-refractivity contribution in [1.29, 1.82) is 0 Å². The zero-order valence-corrected chi connectivity index (χ0v) is 17.2. The van der Waals surface area contributed by atoms with Gasteiger partial charge in [0.2, 0.25) is 0 Å². The molecule has 4 rings (SSSR count). The molecule has 8 heteroatoms. The van der Waals surface area contributed by atoms with Crippen molar-refractivity contribution in [2.75, 3.05) is 0 Å². The lowest BCUT2D eigenvalue weighted by molar-refractivity contribution is 0.0845. The molecule has 7 nitrogen and oxygen atoms in total. The molecule has 0 atom stereocenters. The lowest BCUT2D eigenvalue weighted by atomic mass is 10.0. The minimum Gasteiger partial charge on any atom is -0.356 e. The molecule has 0 radical (unpaired) electrons. The van der Waals surface area contributed by atoms with Gasteiger partial charge in [-0.2, -0.15) is 0 Å². The van der Waals surface area contributed by atoms with E-state index in [2.05, 4.69) is 20.8 Å². The van der Waals surface area contributed by atoms with Gasteiger partial charge in [0.15, 0.2) is 5.78 Å². The molecule has 0 saturated heterocycles. The first kappa shape index (κ1) is 20.3. The van der Waals surface area contributed by atoms with E-state index in [4.69, 9.17) is 11.6 Å². The highest BCUT2D eigenvalue weighted by Gasteiger charge is 2.16. The Morgan fingerprint density at radius 1 is 0.935 bits per heavy atom. The highest BCUT2D eigenvalue weighted by molar-refractivity contribution is 6.30. The van der Waals surface area contributed by atoms with Crippen LogP contribution in [0, 0.1) is 0 Å². The molecule has 0 aliphatic carbocycles. The number of aromatic amines is 1. The first-order valence-corrected chi connectivity index (χ1v) is 9.76. The fourth-order valence-electron chi connectivity index (χ4n) is 3.11. The first-order valence-electron chi connectivity index (χ1n) is 9.38. The number of nitrogens with one attached hydrogen (secondary N) is 3. The lowest BCUT2D eigenvalue weighted by Gasteiger charge is -2.11. The highest BCUT2D eigenvalue weighted by atomic mass is 35.5. The van der Waals surface area contributed by atoms with Crippen molar-refractivity contribution in [1.82, 2.24) is 20.8 Å². The van der Waals surface area contributed by atoms with Crippen LogP contribution in [0.5, 0.6) is 0 Å². The van der Waals surface area contributed by atoms with Crippen LogP contribution in [0.1, 0.15) is 38.1 Å². The van der Waals surface area contributed by atoms with Crippen LogP contribution in [0.4, 0.5) is 0 Å². The Morgan fingerprint density at radius 3 is 2.35 bits per heavy atom. The Balaban J connectivity index is 1.61. The highest BCUT2D eigenvalue weighted by Crippen LogP contribution is 2.25. The molecule has 154 valence electrons. The van der Waals surface area contributed by atoms with Gasteiger partial charge >= 0.3 is 0 Å². The van der Waals surface area contributed by atoms with E-state index in [1.54, 1.807) is 24.3 Å². The summed E-state index contributed by atoms with van der Waals surface area (Å²) >= 11 is 5.97. The third kappa shape index (κ3) is 4.31. The van der Waals surface area contributed by atoms with Crippen LogP contribution in [0.2, 0.25) is 5.02 Å². The Hall–Kier alpha value is -3.97. The largest absolute Gasteiger partial charge is 0.356 e. The van der Waals surface area contributed by atoms with E-state index in [9.17, 15) is 14.4 Å². The van der Waals surface area contributed by atoms with Gasteiger partial charge in [-0.25, -0.2) is 4.98 Å². The monoisotopic (exact) mass is 432 g/mol. The zero-order valence-electron chi connectivity index (χ0n) is 16.4. The number of aromatic nitrogens is 2. The maximum Gasteiger partial charge on any atom is 0.286 e. The van der Waals surface area contributed by atoms with Crippen LogP contribution in [0.3, 0.4) is 0 Å². The van der Waals surface area contributed by atoms with E-state index in [0.717, 1.165) is 5.56 Å². The maximum absolute atomic E-state index is 12.9. The summed E-state index contributed by atoms with van der Waals surface area (Å²) in [5, 5.41) is 1.24. The molecule has 0 aliphatic rings. The number of hydrazine groups is 1. The summed E-state index contributed by atoms with van der Waals surface area (Å²) in [7, 11) is 0. The number of carbonyl (C=O) groups excluding carboxylic acids is 3. The summed E-state index contributed by atoms with van der Waals surface area (Å²) in [6, 6.07) is 17.5. The predicted molar refractivity (Wildman–Crippen MR) is 118 cm³/mol. The number of hydrogen-bond donors (Lipinski definition) is 3. The number of hydrogen-bond acceptors (Lipinski definition) is 4. The topological polar surface area (TPSA) is 104 Å². The van der Waals surface area contributed by atoms with Crippen molar-refractivity contribution in [2.45, 2.75) is 6.92 Å². The SMILES string of the molecule is CC(=O)c1c[nH]c(C(=O)NNC(=O)c2cc(-c3ccc(Cl)cc3)nc3ccccc23)c1. The van der Waals surface area contributed by atoms with Gasteiger partial charge in [-0.3, -0.25) is 25.2 Å². The number of pyridine rings is 1. The molecule has 2 aromatic carbocycles. The fourth-order valence-corrected chi connectivity index (χ4v) is 3.23. The van der Waals surface area contributed by atoms with Gasteiger partial charge in [-0.05, 0) is 37.3 Å². The normalized spacial score (nSPS) is 10.6. The van der Waals surface area contributed by atoms with Crippen molar-refractivity contribution in [2.24, 2.45) is 0 Å². The van der Waals surface area contributed by atoms with E-state index in [-0.39, 0.29) is 11.5 Å². The summed E-state index contributed by atoms with van der Waals surface area (Å²) in [5.74, 6) is -1.24. The van der Waals surface area contributed by atoms with Gasteiger partial charge in [0.25, 0.3) is 11.8 Å². The second-order valence-corrected chi connectivity index (χ2v) is 7.28. The number of fused-ring (bicyclic) bond motifs is 1. The first-order chi connectivity index (χ1) is 14.9. The Morgan fingerprint density at radius 2 is 1.65 bits per heavy atom. The molecule has 0 fully saturated rings. The van der Waals surface area contributed by atoms with Gasteiger partial charge in [-0.1, -0.05) is 41.9 Å². The Bertz CT molecular complexity index is 1310. The molecule has 31 heavy (non-hydrogen) atoms. The second kappa shape index (κ2) is 8.41. The minimum atomic E-state index is -0.572. The molecule has 0 bridgehead atoms. The number of ketones is 1. The van der Waals surface area contributed by atoms with E-state index in [0.29, 0.717) is 32.7 Å². The molecule has 2 aromatic heterocycles. The minimum absolute atomic E-state index is 0.159. The van der Waals surface area contributed by atoms with Crippen molar-refractivity contribution in [3.63, 3.8) is 0 Å². The average Bonchev–Trinajstić information content (AvgIpc) is 3.28. The number of rotatable bonds is 4. The molecule has 2 amide bonds. The van der Waals surface area contributed by atoms with Gasteiger partial charge < -0.3 is 4.98 Å². The predicted octanol–water partition coefficient (Wildman–Crippen LogP) is 4.16. The van der Waals surface area contributed by atoms with Crippen molar-refractivity contribution in [3.05, 3.63) is 88.7 Å². The van der Waals surface area contributed by atoms with Crippen LogP contribution in [0.15, 0.2) is 66.9 Å². The standard InChI is InChI=1S/C23H17ClN4O3/c1-13(29)15-10-21(25-12-15)23(31)28-27-22(30)18-11-20(14-6-8-16(24)9-7-14)26-19-5-3-2-4-17(18)19/h2-12,25H,1H3,(H,27,30)(H,28,31). The Labute approximate surface area is 182 Å². The van der Waals surface area contributed by atoms with E-state index >= 15 is 0 Å². The summed E-state index contributed by atoms with van der Waals surface area (Å²) in [6.07, 6.45) is 1.44. The van der Waals surface area contributed by atoms with Crippen LogP contribution in [-0.2, 0) is 0 Å². The average molecular weight is 433 g/mol. The summed E-state index contributed by atoms with van der Waals surface area (Å²) in [5.41, 5.74) is 7.72. The lowest BCUT2D eigenvalue weighted by Crippen LogP contribution is -2.41. The van der Waals surface area contributed by atoms with Gasteiger partial charge in [0.1, 0.15) is 5.69 Å². The molecule has 0 aliphatic heterocycles. The van der Waals surface area contributed by atoms with E-state index in [1.807, 2.05) is 30.3 Å². The second-order valence-electron chi connectivity index (χ2n) is 6.85. The van der Waals surface area contributed by atoms with Gasteiger partial charge in [0, 0.05) is 27.7 Å². The quantitative estimate of drug-likeness (QED) is 0.332. The maximum atomic E-state index is 12.9. The number of para-hydroxylation sites is 1. The van der Waals surface area contributed by atoms with E-state index < -0.39 is 11.8 Å². The zero-order chi connectivity index (χ0) is 22.0. The number of nitrogens with zero attached hydrogens (tertiary/aromatic N) is 1. The number of halogens is 1. The van der Waals surface area contributed by atoms with Crippen molar-refractivity contribution in [3.8, 4) is 11.3 Å². The van der Waals surface area contributed by atoms with Crippen LogP contribution in [-0.4, -0.2) is 27.6 Å². The van der Waals surface area contributed by atoms with E-state index in [1.165, 1.54) is 19.2 Å². The molecule has 0 spiro atoms. The van der Waals surface area contributed by atoms with Gasteiger partial charge in [-0.15, -0.1) is 0 Å². The van der Waals surface area contributed by atoms with Crippen molar-refractivity contribution < 1.29 is 14.4 Å². The molecule has 2 heterocycles. The summed E-state index contributed by atoms with van der Waals surface area (Å²) in [4.78, 5) is 43.9. The number of amides is 2. The fraction of sp³-hybridized carbons (Fsp3) is 0.0435. The number of carbonyl (C=O) groups is 3. The number of benzene rings is 2. The molecule has 3 N–H and O–H groups in total. The van der Waals surface area contributed by atoms with Crippen LogP contribution >= 0.6 is 11.6 Å². The van der Waals surface area contributed by atoms with Crippen molar-refractivity contribution >= 4 is 40.1 Å². The molecular formula is C23H17ClN4O3. The molecule has 0 unspecified atom stereocenters. The van der Waals surface area contributed by atoms with Crippen LogP contribution in [0.25, 0.3) is 22.2 Å². The smallest absolute Gasteiger partial charge is 0.286 e. The van der Waals surface area contributed by atoms with Crippen LogP contribution < -0.4 is 10.9 Å². The number of Topliss-reactive ketones (excluding diaryl/α,β-unsaturated/α-hetero) is 1. The molecule has 4 aromatic rings. The van der Waals surface area contributed by atoms with Gasteiger partial charge in [0.05, 0.1) is 16.8 Å². The molecule has 0 saturated carbocycles. The summed E-state index contributed by atoms with van der Waals surface area (Å²) < 4.78 is 0. The third-order valence-electron chi connectivity index (χ3n) is 4.72. The third-order valence-corrected chi connectivity index (χ3v) is 4.98. The summed E-state index contributed by atoms with van der Waals surface area (Å²) in [6.45, 7) is 1.40. The molecular weight excluding hydrogens is 416 g/mol. The Kier molecular flexibility index (Phi) is 5.51. The number of H-pyrrole nitrogens is 1.